The Morgan fingerprint density at radius 1 is 1.04 bits per heavy atom. The number of ether oxygens (including phenoxy) is 4. The first-order valence-corrected chi connectivity index (χ1v) is 9.31. The predicted octanol–water partition coefficient (Wildman–Crippen LogP) is 1.79. The summed E-state index contributed by atoms with van der Waals surface area (Å²) in [4.78, 5) is 38.3. The molecule has 26 heavy (non-hydrogen) atoms. The third-order valence-corrected chi connectivity index (χ3v) is 5.75. The SMILES string of the molecule is CCOC(=O)C[C@H]1C(C(=O)OCC)(C(=O)OCC)C[C@@H]2C[C@H]3C=C[C@]21O3. The second kappa shape index (κ2) is 7.02. The molecule has 0 radical (unpaired) electrons. The average Bonchev–Trinajstić information content (AvgIpc) is 3.24. The van der Waals surface area contributed by atoms with Gasteiger partial charge in [0.25, 0.3) is 0 Å². The molecule has 1 saturated carbocycles. The molecule has 4 atom stereocenters. The molecule has 2 aliphatic heterocycles. The normalized spacial score (nSPS) is 33.0. The zero-order chi connectivity index (χ0) is 18.9. The van der Waals surface area contributed by atoms with E-state index in [1.54, 1.807) is 20.8 Å². The molecule has 2 fully saturated rings. The smallest absolute Gasteiger partial charge is 0.323 e. The zero-order valence-electron chi connectivity index (χ0n) is 15.5. The van der Waals surface area contributed by atoms with Crippen LogP contribution in [0.25, 0.3) is 0 Å². The standard InChI is InChI=1S/C19H26O7/c1-4-23-15(20)10-14-18(16(21)24-5-2,17(22)25-6-3)11-12-9-13-7-8-19(12,14)26-13/h7-8,12-14H,4-6,9-11H2,1-3H3/t12-,13+,14-,19-/m0/s1. The van der Waals surface area contributed by atoms with E-state index in [4.69, 9.17) is 18.9 Å². The van der Waals surface area contributed by atoms with Crippen LogP contribution in [0, 0.1) is 17.3 Å². The fourth-order valence-electron chi connectivity index (χ4n) is 4.84. The summed E-state index contributed by atoms with van der Waals surface area (Å²) in [6, 6.07) is 0. The minimum atomic E-state index is -1.55. The summed E-state index contributed by atoms with van der Waals surface area (Å²) in [5.74, 6) is -2.49. The van der Waals surface area contributed by atoms with Crippen LogP contribution in [0.5, 0.6) is 0 Å². The molecule has 2 bridgehead atoms. The summed E-state index contributed by atoms with van der Waals surface area (Å²) in [6.07, 6.45) is 4.70. The molecule has 0 amide bonds. The van der Waals surface area contributed by atoms with Crippen LogP contribution in [0.3, 0.4) is 0 Å². The van der Waals surface area contributed by atoms with Gasteiger partial charge < -0.3 is 18.9 Å². The molecular weight excluding hydrogens is 340 g/mol. The van der Waals surface area contributed by atoms with Crippen LogP contribution >= 0.6 is 0 Å². The van der Waals surface area contributed by atoms with E-state index in [9.17, 15) is 14.4 Å². The Morgan fingerprint density at radius 3 is 2.19 bits per heavy atom. The van der Waals surface area contributed by atoms with Crippen molar-refractivity contribution in [1.29, 1.82) is 0 Å². The molecule has 1 aliphatic carbocycles. The van der Waals surface area contributed by atoms with Gasteiger partial charge in [-0.25, -0.2) is 0 Å². The first-order valence-electron chi connectivity index (χ1n) is 9.31. The molecular formula is C19H26O7. The first kappa shape index (κ1) is 18.9. The highest BCUT2D eigenvalue weighted by atomic mass is 16.6. The van der Waals surface area contributed by atoms with Gasteiger partial charge in [-0.05, 0) is 39.5 Å². The zero-order valence-corrected chi connectivity index (χ0v) is 15.5. The minimum absolute atomic E-state index is 0.0351. The van der Waals surface area contributed by atoms with Crippen molar-refractivity contribution in [3.63, 3.8) is 0 Å². The highest BCUT2D eigenvalue weighted by Crippen LogP contribution is 2.64. The van der Waals surface area contributed by atoms with Gasteiger partial charge in [-0.1, -0.05) is 12.2 Å². The summed E-state index contributed by atoms with van der Waals surface area (Å²) in [5, 5.41) is 0. The Labute approximate surface area is 153 Å². The van der Waals surface area contributed by atoms with E-state index in [-0.39, 0.29) is 44.7 Å². The van der Waals surface area contributed by atoms with Crippen LogP contribution in [0.1, 0.15) is 40.0 Å². The van der Waals surface area contributed by atoms with Crippen molar-refractivity contribution in [2.24, 2.45) is 17.3 Å². The molecule has 3 aliphatic rings. The molecule has 144 valence electrons. The Kier molecular flexibility index (Phi) is 5.10. The van der Waals surface area contributed by atoms with Crippen LogP contribution in [0.15, 0.2) is 12.2 Å². The van der Waals surface area contributed by atoms with Crippen LogP contribution in [-0.2, 0) is 33.3 Å². The van der Waals surface area contributed by atoms with Gasteiger partial charge in [-0.3, -0.25) is 14.4 Å². The van der Waals surface area contributed by atoms with Crippen molar-refractivity contribution in [3.05, 3.63) is 12.2 Å². The number of hydrogen-bond donors (Lipinski definition) is 0. The second-order valence-electron chi connectivity index (χ2n) is 6.98. The third kappa shape index (κ3) is 2.64. The van der Waals surface area contributed by atoms with Crippen LogP contribution in [-0.4, -0.2) is 49.4 Å². The van der Waals surface area contributed by atoms with E-state index < -0.39 is 34.8 Å². The quantitative estimate of drug-likeness (QED) is 0.294. The summed E-state index contributed by atoms with van der Waals surface area (Å²) >= 11 is 0. The fraction of sp³-hybridized carbons (Fsp3) is 0.737. The maximum atomic E-state index is 13.0. The van der Waals surface area contributed by atoms with Gasteiger partial charge in [0, 0.05) is 5.92 Å². The topological polar surface area (TPSA) is 88.1 Å². The van der Waals surface area contributed by atoms with Crippen LogP contribution < -0.4 is 0 Å². The summed E-state index contributed by atoms with van der Waals surface area (Å²) in [7, 11) is 0. The predicted molar refractivity (Wildman–Crippen MR) is 89.9 cm³/mol. The number of hydrogen-bond acceptors (Lipinski definition) is 7. The molecule has 0 aromatic carbocycles. The van der Waals surface area contributed by atoms with Crippen molar-refractivity contribution in [2.75, 3.05) is 19.8 Å². The Bertz CT molecular complexity index is 607. The van der Waals surface area contributed by atoms with Gasteiger partial charge in [-0.2, -0.15) is 0 Å². The third-order valence-electron chi connectivity index (χ3n) is 5.75. The number of rotatable bonds is 7. The average molecular weight is 366 g/mol. The summed E-state index contributed by atoms with van der Waals surface area (Å²) in [6.45, 7) is 5.61. The van der Waals surface area contributed by atoms with Gasteiger partial charge in [0.15, 0.2) is 5.41 Å². The molecule has 7 heteroatoms. The summed E-state index contributed by atoms with van der Waals surface area (Å²) < 4.78 is 21.8. The van der Waals surface area contributed by atoms with Crippen LogP contribution in [0.4, 0.5) is 0 Å². The monoisotopic (exact) mass is 366 g/mol. The molecule has 1 spiro atoms. The van der Waals surface area contributed by atoms with Crippen LogP contribution in [0.2, 0.25) is 0 Å². The Hall–Kier alpha value is -1.89. The lowest BCUT2D eigenvalue weighted by Gasteiger charge is -2.36. The maximum Gasteiger partial charge on any atom is 0.323 e. The molecule has 0 N–H and O–H groups in total. The largest absolute Gasteiger partial charge is 0.466 e. The van der Waals surface area contributed by atoms with E-state index in [2.05, 4.69) is 0 Å². The fourth-order valence-corrected chi connectivity index (χ4v) is 4.84. The number of esters is 3. The lowest BCUT2D eigenvalue weighted by atomic mass is 9.71. The molecule has 0 aromatic rings. The minimum Gasteiger partial charge on any atom is -0.466 e. The van der Waals surface area contributed by atoms with Crippen molar-refractivity contribution in [2.45, 2.75) is 51.7 Å². The molecule has 1 saturated heterocycles. The second-order valence-corrected chi connectivity index (χ2v) is 6.98. The van der Waals surface area contributed by atoms with E-state index in [0.29, 0.717) is 0 Å². The van der Waals surface area contributed by atoms with Gasteiger partial charge in [0.05, 0.1) is 37.9 Å². The van der Waals surface area contributed by atoms with E-state index in [1.807, 2.05) is 12.2 Å². The van der Waals surface area contributed by atoms with Crippen molar-refractivity contribution in [3.8, 4) is 0 Å². The van der Waals surface area contributed by atoms with E-state index in [1.165, 1.54) is 0 Å². The van der Waals surface area contributed by atoms with E-state index in [0.717, 1.165) is 6.42 Å². The Balaban J connectivity index is 2.05. The molecule has 3 rings (SSSR count). The van der Waals surface area contributed by atoms with Gasteiger partial charge in [0.2, 0.25) is 0 Å². The van der Waals surface area contributed by atoms with Gasteiger partial charge in [0.1, 0.15) is 0 Å². The lowest BCUT2D eigenvalue weighted by molar-refractivity contribution is -0.180. The highest BCUT2D eigenvalue weighted by Gasteiger charge is 2.73. The van der Waals surface area contributed by atoms with Crippen molar-refractivity contribution < 1.29 is 33.3 Å². The van der Waals surface area contributed by atoms with E-state index >= 15 is 0 Å². The molecule has 0 unspecified atom stereocenters. The molecule has 2 heterocycles. The van der Waals surface area contributed by atoms with Gasteiger partial charge >= 0.3 is 17.9 Å². The number of fused-ring (bicyclic) bond motifs is 1. The van der Waals surface area contributed by atoms with Crippen molar-refractivity contribution in [1.82, 2.24) is 0 Å². The molecule has 0 aromatic heterocycles. The molecule has 7 nitrogen and oxygen atoms in total. The highest BCUT2D eigenvalue weighted by molar-refractivity contribution is 6.02. The Morgan fingerprint density at radius 2 is 1.65 bits per heavy atom. The number of carbonyl (C=O) groups excluding carboxylic acids is 3. The van der Waals surface area contributed by atoms with Crippen molar-refractivity contribution >= 4 is 17.9 Å². The number of carbonyl (C=O) groups is 3. The maximum absolute atomic E-state index is 13.0. The first-order chi connectivity index (χ1) is 12.4. The van der Waals surface area contributed by atoms with Gasteiger partial charge in [-0.15, -0.1) is 0 Å². The lowest BCUT2D eigenvalue weighted by Crippen LogP contribution is -2.51. The summed E-state index contributed by atoms with van der Waals surface area (Å²) in [5.41, 5.74) is -2.37.